The summed E-state index contributed by atoms with van der Waals surface area (Å²) in [5, 5.41) is 9.98. The molecule has 1 aliphatic carbocycles. The van der Waals surface area contributed by atoms with Crippen molar-refractivity contribution in [3.63, 3.8) is 0 Å². The zero-order valence-corrected chi connectivity index (χ0v) is 12.1. The van der Waals surface area contributed by atoms with Gasteiger partial charge in [0.2, 0.25) is 0 Å². The van der Waals surface area contributed by atoms with Gasteiger partial charge in [-0.3, -0.25) is 0 Å². The van der Waals surface area contributed by atoms with Gasteiger partial charge in [0.15, 0.2) is 11.0 Å². The van der Waals surface area contributed by atoms with E-state index in [0.29, 0.717) is 23.4 Å². The van der Waals surface area contributed by atoms with Crippen molar-refractivity contribution in [2.75, 3.05) is 6.26 Å². The van der Waals surface area contributed by atoms with Gasteiger partial charge < -0.3 is 9.30 Å². The summed E-state index contributed by atoms with van der Waals surface area (Å²) in [6.07, 6.45) is 4.41. The molecule has 0 bridgehead atoms. The van der Waals surface area contributed by atoms with Crippen LogP contribution in [0.2, 0.25) is 5.02 Å². The van der Waals surface area contributed by atoms with Crippen molar-refractivity contribution in [3.05, 3.63) is 35.1 Å². The van der Waals surface area contributed by atoms with Crippen molar-refractivity contribution >= 4 is 23.4 Å². The smallest absolute Gasteiger partial charge is 0.191 e. The lowest BCUT2D eigenvalue weighted by Gasteiger charge is -2.09. The van der Waals surface area contributed by atoms with Crippen molar-refractivity contribution in [2.45, 2.75) is 30.6 Å². The number of hydrogen-bond acceptors (Lipinski definition) is 4. The summed E-state index contributed by atoms with van der Waals surface area (Å²) in [5.74, 6) is 1.55. The van der Waals surface area contributed by atoms with Crippen LogP contribution in [0, 0.1) is 0 Å². The molecule has 6 heteroatoms. The van der Waals surface area contributed by atoms with Gasteiger partial charge in [-0.1, -0.05) is 35.5 Å². The fourth-order valence-electron chi connectivity index (χ4n) is 1.95. The van der Waals surface area contributed by atoms with Gasteiger partial charge in [0.1, 0.15) is 12.4 Å². The molecule has 0 N–H and O–H groups in total. The Balaban J connectivity index is 1.77. The Labute approximate surface area is 121 Å². The van der Waals surface area contributed by atoms with Gasteiger partial charge in [-0.05, 0) is 31.2 Å². The van der Waals surface area contributed by atoms with Gasteiger partial charge in [0, 0.05) is 6.04 Å². The first-order chi connectivity index (χ1) is 9.29. The minimum atomic E-state index is 0.397. The van der Waals surface area contributed by atoms with Crippen LogP contribution >= 0.6 is 23.4 Å². The predicted molar refractivity (Wildman–Crippen MR) is 75.9 cm³/mol. The highest BCUT2D eigenvalue weighted by atomic mass is 35.5. The van der Waals surface area contributed by atoms with E-state index in [4.69, 9.17) is 16.3 Å². The Morgan fingerprint density at radius 2 is 2.16 bits per heavy atom. The van der Waals surface area contributed by atoms with E-state index in [2.05, 4.69) is 14.8 Å². The Hall–Kier alpha value is -1.20. The largest absolute Gasteiger partial charge is 0.484 e. The van der Waals surface area contributed by atoms with Gasteiger partial charge in [0.05, 0.1) is 5.02 Å². The first kappa shape index (κ1) is 12.8. The summed E-state index contributed by atoms with van der Waals surface area (Å²) in [6.45, 7) is 0.397. The Morgan fingerprint density at radius 3 is 2.84 bits per heavy atom. The quantitative estimate of drug-likeness (QED) is 0.791. The van der Waals surface area contributed by atoms with Crippen LogP contribution < -0.4 is 4.74 Å². The van der Waals surface area contributed by atoms with E-state index >= 15 is 0 Å². The molecule has 0 radical (unpaired) electrons. The summed E-state index contributed by atoms with van der Waals surface area (Å²) in [6, 6.07) is 8.00. The Morgan fingerprint density at radius 1 is 1.37 bits per heavy atom. The molecule has 1 aromatic heterocycles. The first-order valence-corrected chi connectivity index (χ1v) is 7.75. The van der Waals surface area contributed by atoms with E-state index in [-0.39, 0.29) is 0 Å². The summed E-state index contributed by atoms with van der Waals surface area (Å²) >= 11 is 7.68. The number of hydrogen-bond donors (Lipinski definition) is 0. The normalized spacial score (nSPS) is 14.6. The highest BCUT2D eigenvalue weighted by Gasteiger charge is 2.29. The molecule has 1 heterocycles. The Bertz CT molecular complexity index is 583. The van der Waals surface area contributed by atoms with Gasteiger partial charge in [-0.25, -0.2) is 0 Å². The lowest BCUT2D eigenvalue weighted by Crippen LogP contribution is -2.07. The lowest BCUT2D eigenvalue weighted by atomic mass is 10.3. The van der Waals surface area contributed by atoms with E-state index in [1.165, 1.54) is 12.8 Å². The maximum Gasteiger partial charge on any atom is 0.191 e. The van der Waals surface area contributed by atoms with Crippen molar-refractivity contribution in [1.82, 2.24) is 14.8 Å². The minimum absolute atomic E-state index is 0.397. The fourth-order valence-corrected chi connectivity index (χ4v) is 2.71. The Kier molecular flexibility index (Phi) is 3.66. The number of thioether (sulfide) groups is 1. The second-order valence-electron chi connectivity index (χ2n) is 4.42. The summed E-state index contributed by atoms with van der Waals surface area (Å²) in [5.41, 5.74) is 0. The molecule has 2 aromatic rings. The number of para-hydroxylation sites is 1. The summed E-state index contributed by atoms with van der Waals surface area (Å²) < 4.78 is 7.92. The van der Waals surface area contributed by atoms with Gasteiger partial charge in [0.25, 0.3) is 0 Å². The highest BCUT2D eigenvalue weighted by molar-refractivity contribution is 7.98. The maximum atomic E-state index is 6.07. The molecule has 1 saturated carbocycles. The molecule has 0 saturated heterocycles. The van der Waals surface area contributed by atoms with Crippen LogP contribution in [0.25, 0.3) is 0 Å². The molecule has 100 valence electrons. The molecule has 0 aliphatic heterocycles. The van der Waals surface area contributed by atoms with Crippen LogP contribution in [0.5, 0.6) is 5.75 Å². The van der Waals surface area contributed by atoms with E-state index in [0.717, 1.165) is 11.0 Å². The molecule has 1 aliphatic rings. The average Bonchev–Trinajstić information content (AvgIpc) is 3.18. The number of benzene rings is 1. The van der Waals surface area contributed by atoms with E-state index in [1.807, 2.05) is 30.5 Å². The van der Waals surface area contributed by atoms with E-state index < -0.39 is 0 Å². The molecule has 0 amide bonds. The van der Waals surface area contributed by atoms with Gasteiger partial charge >= 0.3 is 0 Å². The van der Waals surface area contributed by atoms with Crippen molar-refractivity contribution in [1.29, 1.82) is 0 Å². The second kappa shape index (κ2) is 5.43. The van der Waals surface area contributed by atoms with E-state index in [1.54, 1.807) is 11.8 Å². The topological polar surface area (TPSA) is 39.9 Å². The lowest BCUT2D eigenvalue weighted by molar-refractivity contribution is 0.288. The number of nitrogens with zero attached hydrogens (tertiary/aromatic N) is 3. The van der Waals surface area contributed by atoms with Crippen LogP contribution in [0.1, 0.15) is 24.7 Å². The number of ether oxygens (including phenoxy) is 1. The molecule has 0 spiro atoms. The number of rotatable bonds is 5. The standard InChI is InChI=1S/C13H14ClN3OS/c1-19-13-16-15-12(17(13)9-6-7-9)8-18-11-5-3-2-4-10(11)14/h2-5,9H,6-8H2,1H3. The summed E-state index contributed by atoms with van der Waals surface area (Å²) in [4.78, 5) is 0. The van der Waals surface area contributed by atoms with Crippen molar-refractivity contribution in [3.8, 4) is 5.75 Å². The number of halogens is 1. The SMILES string of the molecule is CSc1nnc(COc2ccccc2Cl)n1C1CC1. The molecule has 0 unspecified atom stereocenters. The van der Waals surface area contributed by atoms with E-state index in [9.17, 15) is 0 Å². The third-order valence-corrected chi connectivity index (χ3v) is 3.98. The zero-order valence-electron chi connectivity index (χ0n) is 10.5. The fraction of sp³-hybridized carbons (Fsp3) is 0.385. The molecule has 3 rings (SSSR count). The molecule has 1 aromatic carbocycles. The van der Waals surface area contributed by atoms with Crippen LogP contribution in [0.15, 0.2) is 29.4 Å². The highest BCUT2D eigenvalue weighted by Crippen LogP contribution is 2.38. The van der Waals surface area contributed by atoms with Crippen LogP contribution in [-0.4, -0.2) is 21.0 Å². The van der Waals surface area contributed by atoms with Gasteiger partial charge in [-0.2, -0.15) is 0 Å². The van der Waals surface area contributed by atoms with Gasteiger partial charge in [-0.15, -0.1) is 10.2 Å². The van der Waals surface area contributed by atoms with Crippen molar-refractivity contribution < 1.29 is 4.74 Å². The molecule has 19 heavy (non-hydrogen) atoms. The number of aromatic nitrogens is 3. The monoisotopic (exact) mass is 295 g/mol. The van der Waals surface area contributed by atoms with Crippen LogP contribution in [0.3, 0.4) is 0 Å². The van der Waals surface area contributed by atoms with Crippen molar-refractivity contribution in [2.24, 2.45) is 0 Å². The molecule has 1 fully saturated rings. The third kappa shape index (κ3) is 2.72. The maximum absolute atomic E-state index is 6.07. The minimum Gasteiger partial charge on any atom is -0.484 e. The summed E-state index contributed by atoms with van der Waals surface area (Å²) in [7, 11) is 0. The average molecular weight is 296 g/mol. The first-order valence-electron chi connectivity index (χ1n) is 6.14. The van der Waals surface area contributed by atoms with Crippen LogP contribution in [0.4, 0.5) is 0 Å². The molecular formula is C13H14ClN3OS. The molecule has 4 nitrogen and oxygen atoms in total. The van der Waals surface area contributed by atoms with Crippen LogP contribution in [-0.2, 0) is 6.61 Å². The second-order valence-corrected chi connectivity index (χ2v) is 5.60. The predicted octanol–water partition coefficient (Wildman–Crippen LogP) is 3.57. The molecule has 0 atom stereocenters. The zero-order chi connectivity index (χ0) is 13.2. The molecular weight excluding hydrogens is 282 g/mol. The third-order valence-electron chi connectivity index (χ3n) is 3.02.